The highest BCUT2D eigenvalue weighted by Crippen LogP contribution is 2.08. The van der Waals surface area contributed by atoms with Crippen LogP contribution in [-0.4, -0.2) is 18.0 Å². The molecule has 1 radical (unpaired) electrons. The first-order chi connectivity index (χ1) is 8.86. The number of benzene rings is 1. The van der Waals surface area contributed by atoms with E-state index in [1.54, 1.807) is 0 Å². The van der Waals surface area contributed by atoms with Crippen LogP contribution in [0.2, 0.25) is 0 Å². The van der Waals surface area contributed by atoms with Gasteiger partial charge in [-0.1, -0.05) is 57.7 Å². The van der Waals surface area contributed by atoms with Crippen molar-refractivity contribution in [2.45, 2.75) is 58.9 Å². The fraction of sp³-hybridized carbons (Fsp3) is 0.647. The lowest BCUT2D eigenvalue weighted by Gasteiger charge is -2.22. The van der Waals surface area contributed by atoms with E-state index in [9.17, 15) is 0 Å². The smallest absolute Gasteiger partial charge is 0.0233 e. The zero-order valence-corrected chi connectivity index (χ0v) is 12.1. The fourth-order valence-electron chi connectivity index (χ4n) is 2.23. The summed E-state index contributed by atoms with van der Waals surface area (Å²) in [6.07, 6.45) is 7.98. The van der Waals surface area contributed by atoms with Gasteiger partial charge >= 0.3 is 0 Å². The average molecular weight is 246 g/mol. The van der Waals surface area contributed by atoms with E-state index < -0.39 is 0 Å². The Morgan fingerprint density at radius 2 is 1.67 bits per heavy atom. The molecule has 1 aromatic rings. The van der Waals surface area contributed by atoms with Crippen molar-refractivity contribution < 1.29 is 0 Å². The molecule has 0 aliphatic rings. The van der Waals surface area contributed by atoms with Crippen LogP contribution < -0.4 is 0 Å². The quantitative estimate of drug-likeness (QED) is 0.542. The van der Waals surface area contributed by atoms with Crippen molar-refractivity contribution in [3.63, 3.8) is 0 Å². The summed E-state index contributed by atoms with van der Waals surface area (Å²) in [5.74, 6) is 0. The van der Waals surface area contributed by atoms with Crippen LogP contribution >= 0.6 is 0 Å². The van der Waals surface area contributed by atoms with E-state index >= 15 is 0 Å². The second kappa shape index (κ2) is 10.1. The first-order valence-corrected chi connectivity index (χ1v) is 7.54. The van der Waals surface area contributed by atoms with Crippen molar-refractivity contribution in [2.75, 3.05) is 13.1 Å². The van der Waals surface area contributed by atoms with Gasteiger partial charge in [-0.15, -0.1) is 0 Å². The number of unbranched alkanes of at least 4 members (excludes halogenated alkanes) is 4. The Bertz CT molecular complexity index is 271. The third-order valence-corrected chi connectivity index (χ3v) is 3.33. The van der Waals surface area contributed by atoms with Crippen LogP contribution in [0.5, 0.6) is 0 Å². The zero-order chi connectivity index (χ0) is 13.1. The van der Waals surface area contributed by atoms with Gasteiger partial charge < -0.3 is 0 Å². The molecule has 0 bridgehead atoms. The van der Waals surface area contributed by atoms with Crippen molar-refractivity contribution in [2.24, 2.45) is 0 Å². The summed E-state index contributed by atoms with van der Waals surface area (Å²) in [4.78, 5) is 2.61. The highest BCUT2D eigenvalue weighted by molar-refractivity contribution is 5.13. The summed E-state index contributed by atoms with van der Waals surface area (Å²) in [5, 5.41) is 0. The van der Waals surface area contributed by atoms with E-state index in [2.05, 4.69) is 43.0 Å². The Kier molecular flexibility index (Phi) is 8.58. The van der Waals surface area contributed by atoms with Crippen LogP contribution in [0.1, 0.15) is 57.9 Å². The monoisotopic (exact) mass is 246 g/mol. The van der Waals surface area contributed by atoms with E-state index in [1.165, 1.54) is 57.2 Å². The van der Waals surface area contributed by atoms with Gasteiger partial charge in [-0.3, -0.25) is 4.90 Å². The van der Waals surface area contributed by atoms with Crippen LogP contribution in [0.25, 0.3) is 0 Å². The maximum atomic E-state index is 3.17. The highest BCUT2D eigenvalue weighted by Gasteiger charge is 2.05. The highest BCUT2D eigenvalue weighted by atomic mass is 15.1. The summed E-state index contributed by atoms with van der Waals surface area (Å²) in [6, 6.07) is 11.6. The van der Waals surface area contributed by atoms with Crippen molar-refractivity contribution in [1.29, 1.82) is 0 Å². The van der Waals surface area contributed by atoms with Crippen molar-refractivity contribution >= 4 is 0 Å². The lowest BCUT2D eigenvalue weighted by molar-refractivity contribution is 0.254. The van der Waals surface area contributed by atoms with Crippen molar-refractivity contribution in [1.82, 2.24) is 4.90 Å². The predicted molar refractivity (Wildman–Crippen MR) is 79.6 cm³/mol. The summed E-state index contributed by atoms with van der Waals surface area (Å²) in [5.41, 5.74) is 1.39. The molecule has 0 heterocycles. The van der Waals surface area contributed by atoms with Gasteiger partial charge in [0.25, 0.3) is 0 Å². The average Bonchev–Trinajstić information content (AvgIpc) is 2.40. The molecule has 0 saturated heterocycles. The minimum atomic E-state index is 1.09. The lowest BCUT2D eigenvalue weighted by atomic mass is 10.1. The number of hydrogen-bond donors (Lipinski definition) is 0. The van der Waals surface area contributed by atoms with Crippen LogP contribution in [-0.2, 0) is 6.54 Å². The van der Waals surface area contributed by atoms with Gasteiger partial charge in [-0.05, 0) is 43.6 Å². The molecule has 0 saturated carbocycles. The molecule has 1 aromatic carbocycles. The molecule has 0 aliphatic heterocycles. The molecular weight excluding hydrogens is 218 g/mol. The van der Waals surface area contributed by atoms with Crippen LogP contribution in [0.4, 0.5) is 0 Å². The molecule has 0 N–H and O–H groups in total. The maximum Gasteiger partial charge on any atom is 0.0233 e. The molecule has 0 fully saturated rings. The van der Waals surface area contributed by atoms with E-state index in [0.717, 1.165) is 6.54 Å². The molecule has 0 amide bonds. The Morgan fingerprint density at radius 1 is 1.00 bits per heavy atom. The van der Waals surface area contributed by atoms with Crippen LogP contribution in [0, 0.1) is 6.07 Å². The Hall–Kier alpha value is -0.820. The van der Waals surface area contributed by atoms with Gasteiger partial charge in [0.15, 0.2) is 0 Å². The van der Waals surface area contributed by atoms with Gasteiger partial charge in [0.1, 0.15) is 0 Å². The molecule has 0 unspecified atom stereocenters. The molecule has 0 aromatic heterocycles. The van der Waals surface area contributed by atoms with Crippen LogP contribution in [0.15, 0.2) is 24.3 Å². The van der Waals surface area contributed by atoms with Gasteiger partial charge in [0.2, 0.25) is 0 Å². The SMILES string of the molecule is CCCCCN(CCCCC)Cc1c[c]ccc1. The van der Waals surface area contributed by atoms with E-state index in [1.807, 2.05) is 6.07 Å². The zero-order valence-electron chi connectivity index (χ0n) is 12.1. The standard InChI is InChI=1S/C17H28N/c1-3-5-10-14-18(15-11-6-4-2)16-17-12-8-7-9-13-17/h7-8,12-13H,3-6,10-11,14-16H2,1-2H3. The lowest BCUT2D eigenvalue weighted by Crippen LogP contribution is -2.25. The molecule has 101 valence electrons. The minimum Gasteiger partial charge on any atom is -0.299 e. The second-order valence-electron chi connectivity index (χ2n) is 5.10. The molecule has 1 heteroatoms. The van der Waals surface area contributed by atoms with E-state index in [4.69, 9.17) is 0 Å². The minimum absolute atomic E-state index is 1.09. The van der Waals surface area contributed by atoms with Crippen molar-refractivity contribution in [3.05, 3.63) is 35.9 Å². The predicted octanol–water partition coefficient (Wildman–Crippen LogP) is 4.67. The molecule has 0 atom stereocenters. The summed E-state index contributed by atoms with van der Waals surface area (Å²) in [6.45, 7) is 8.12. The van der Waals surface area contributed by atoms with Crippen LogP contribution in [0.3, 0.4) is 0 Å². The molecule has 1 nitrogen and oxygen atoms in total. The Balaban J connectivity index is 2.37. The van der Waals surface area contributed by atoms with Gasteiger partial charge in [-0.25, -0.2) is 0 Å². The summed E-state index contributed by atoms with van der Waals surface area (Å²) >= 11 is 0. The number of hydrogen-bond acceptors (Lipinski definition) is 1. The first kappa shape index (κ1) is 15.2. The molecule has 1 rings (SSSR count). The second-order valence-corrected chi connectivity index (χ2v) is 5.10. The topological polar surface area (TPSA) is 3.24 Å². The normalized spacial score (nSPS) is 11.1. The molecule has 18 heavy (non-hydrogen) atoms. The summed E-state index contributed by atoms with van der Waals surface area (Å²) < 4.78 is 0. The first-order valence-electron chi connectivity index (χ1n) is 7.54. The van der Waals surface area contributed by atoms with Crippen molar-refractivity contribution in [3.8, 4) is 0 Å². The summed E-state index contributed by atoms with van der Waals surface area (Å²) in [7, 11) is 0. The Morgan fingerprint density at radius 3 is 2.17 bits per heavy atom. The Labute approximate surface area is 113 Å². The fourth-order valence-corrected chi connectivity index (χ4v) is 2.23. The van der Waals surface area contributed by atoms with E-state index in [0.29, 0.717) is 0 Å². The third kappa shape index (κ3) is 6.80. The maximum absolute atomic E-state index is 3.17. The third-order valence-electron chi connectivity index (χ3n) is 3.33. The van der Waals surface area contributed by atoms with Gasteiger partial charge in [0, 0.05) is 6.54 Å². The number of nitrogens with zero attached hydrogens (tertiary/aromatic N) is 1. The molecule has 0 spiro atoms. The van der Waals surface area contributed by atoms with E-state index in [-0.39, 0.29) is 0 Å². The van der Waals surface area contributed by atoms with Gasteiger partial charge in [-0.2, -0.15) is 0 Å². The molecular formula is C17H28N. The largest absolute Gasteiger partial charge is 0.299 e. The van der Waals surface area contributed by atoms with Gasteiger partial charge in [0.05, 0.1) is 0 Å². The molecule has 0 aliphatic carbocycles. The number of rotatable bonds is 10.